The number of rotatable bonds is 7. The van der Waals surface area contributed by atoms with E-state index in [0.29, 0.717) is 24.6 Å². The zero-order valence-electron chi connectivity index (χ0n) is 23.3. The maximum Gasteiger partial charge on any atom is 0.272 e. The standard InChI is InChI=1S/C34H30N6O2/c1-42-31-14-13-25(27-11-4-5-12-28(27)31)21-39-18-15-30-29(22-39)33(38-40(30)32-20-35-16-17-36-32)34(41)37-19-24-9-6-8-23-7-2-3-10-26(23)24/h2-14,16-17,20H,15,18-19,21-22H2,1H3,(H,37,41). The van der Waals surface area contributed by atoms with E-state index in [2.05, 4.69) is 68.7 Å². The Hall–Kier alpha value is -5.08. The average molecular weight is 555 g/mol. The summed E-state index contributed by atoms with van der Waals surface area (Å²) in [6.07, 6.45) is 5.70. The molecule has 42 heavy (non-hydrogen) atoms. The lowest BCUT2D eigenvalue weighted by atomic mass is 10.0. The van der Waals surface area contributed by atoms with Gasteiger partial charge in [0.15, 0.2) is 11.5 Å². The highest BCUT2D eigenvalue weighted by Gasteiger charge is 2.29. The van der Waals surface area contributed by atoms with Crippen LogP contribution in [0.1, 0.15) is 32.9 Å². The molecule has 8 heteroatoms. The maximum atomic E-state index is 13.7. The van der Waals surface area contributed by atoms with Crippen molar-refractivity contribution in [3.05, 3.63) is 126 Å². The monoisotopic (exact) mass is 554 g/mol. The van der Waals surface area contributed by atoms with Gasteiger partial charge < -0.3 is 10.1 Å². The summed E-state index contributed by atoms with van der Waals surface area (Å²) in [4.78, 5) is 24.8. The molecule has 1 amide bonds. The molecule has 0 aliphatic carbocycles. The lowest BCUT2D eigenvalue weighted by Gasteiger charge is -2.28. The smallest absolute Gasteiger partial charge is 0.272 e. The Kier molecular flexibility index (Phi) is 6.81. The number of carbonyl (C=O) groups is 1. The molecule has 1 aliphatic rings. The summed E-state index contributed by atoms with van der Waals surface area (Å²) in [5.74, 6) is 1.28. The molecule has 6 aromatic rings. The first-order chi connectivity index (χ1) is 20.7. The number of methoxy groups -OCH3 is 1. The van der Waals surface area contributed by atoms with Crippen LogP contribution in [0.5, 0.6) is 5.75 Å². The molecule has 0 saturated carbocycles. The number of benzene rings is 4. The highest BCUT2D eigenvalue weighted by atomic mass is 16.5. The van der Waals surface area contributed by atoms with E-state index in [0.717, 1.165) is 58.2 Å². The topological polar surface area (TPSA) is 85.2 Å². The van der Waals surface area contributed by atoms with E-state index in [1.807, 2.05) is 30.3 Å². The predicted molar refractivity (Wildman–Crippen MR) is 163 cm³/mol. The number of nitrogens with zero attached hydrogens (tertiary/aromatic N) is 5. The van der Waals surface area contributed by atoms with Crippen molar-refractivity contribution in [2.75, 3.05) is 13.7 Å². The highest BCUT2D eigenvalue weighted by molar-refractivity contribution is 5.95. The molecule has 3 heterocycles. The number of nitrogens with one attached hydrogen (secondary N) is 1. The van der Waals surface area contributed by atoms with Crippen LogP contribution < -0.4 is 10.1 Å². The molecular weight excluding hydrogens is 524 g/mol. The number of aromatic nitrogens is 4. The van der Waals surface area contributed by atoms with Crippen LogP contribution in [-0.4, -0.2) is 44.2 Å². The lowest BCUT2D eigenvalue weighted by molar-refractivity contribution is 0.0943. The molecule has 0 spiro atoms. The largest absolute Gasteiger partial charge is 0.496 e. The molecule has 0 fully saturated rings. The normalized spacial score (nSPS) is 13.3. The van der Waals surface area contributed by atoms with Gasteiger partial charge in [-0.15, -0.1) is 0 Å². The van der Waals surface area contributed by atoms with Gasteiger partial charge in [0.05, 0.1) is 19.0 Å². The molecule has 4 aromatic carbocycles. The minimum atomic E-state index is -0.196. The van der Waals surface area contributed by atoms with Crippen LogP contribution in [0.4, 0.5) is 0 Å². The van der Waals surface area contributed by atoms with Crippen molar-refractivity contribution in [1.82, 2.24) is 30.0 Å². The van der Waals surface area contributed by atoms with Crippen molar-refractivity contribution in [2.24, 2.45) is 0 Å². The number of carbonyl (C=O) groups excluding carboxylic acids is 1. The fourth-order valence-electron chi connectivity index (χ4n) is 5.98. The first-order valence-electron chi connectivity index (χ1n) is 14.1. The Balaban J connectivity index is 1.20. The van der Waals surface area contributed by atoms with Crippen molar-refractivity contribution in [3.8, 4) is 11.6 Å². The van der Waals surface area contributed by atoms with Crippen LogP contribution in [-0.2, 0) is 26.1 Å². The third-order valence-corrected chi connectivity index (χ3v) is 8.03. The molecule has 0 radical (unpaired) electrons. The Morgan fingerprint density at radius 2 is 1.71 bits per heavy atom. The second-order valence-electron chi connectivity index (χ2n) is 10.5. The van der Waals surface area contributed by atoms with E-state index in [1.165, 1.54) is 10.9 Å². The molecule has 0 unspecified atom stereocenters. The fourth-order valence-corrected chi connectivity index (χ4v) is 5.98. The number of ether oxygens (including phenoxy) is 1. The van der Waals surface area contributed by atoms with Gasteiger partial charge in [-0.1, -0.05) is 72.8 Å². The summed E-state index contributed by atoms with van der Waals surface area (Å²) in [5.41, 5.74) is 4.65. The van der Waals surface area contributed by atoms with Gasteiger partial charge in [0.25, 0.3) is 5.91 Å². The Morgan fingerprint density at radius 1 is 0.905 bits per heavy atom. The fraction of sp³-hybridized carbons (Fsp3) is 0.176. The zero-order chi connectivity index (χ0) is 28.5. The summed E-state index contributed by atoms with van der Waals surface area (Å²) in [5, 5.41) is 12.5. The molecule has 208 valence electrons. The third kappa shape index (κ3) is 4.76. The van der Waals surface area contributed by atoms with Crippen LogP contribution in [0.2, 0.25) is 0 Å². The molecule has 2 aromatic heterocycles. The van der Waals surface area contributed by atoms with E-state index >= 15 is 0 Å². The molecule has 7 rings (SSSR count). The summed E-state index contributed by atoms with van der Waals surface area (Å²) >= 11 is 0. The first kappa shape index (κ1) is 25.9. The van der Waals surface area contributed by atoms with Crippen LogP contribution in [0, 0.1) is 0 Å². The summed E-state index contributed by atoms with van der Waals surface area (Å²) in [7, 11) is 1.70. The van der Waals surface area contributed by atoms with Crippen molar-refractivity contribution < 1.29 is 9.53 Å². The van der Waals surface area contributed by atoms with E-state index in [4.69, 9.17) is 9.84 Å². The van der Waals surface area contributed by atoms with Gasteiger partial charge in [0.1, 0.15) is 5.75 Å². The van der Waals surface area contributed by atoms with Gasteiger partial charge in [-0.05, 0) is 33.4 Å². The minimum Gasteiger partial charge on any atom is -0.496 e. The van der Waals surface area contributed by atoms with Crippen LogP contribution in [0.15, 0.2) is 97.5 Å². The van der Waals surface area contributed by atoms with E-state index in [1.54, 1.807) is 30.4 Å². The van der Waals surface area contributed by atoms with Gasteiger partial charge in [-0.2, -0.15) is 5.10 Å². The number of hydrogen-bond donors (Lipinski definition) is 1. The van der Waals surface area contributed by atoms with Gasteiger partial charge in [-0.3, -0.25) is 14.7 Å². The molecule has 0 bridgehead atoms. The van der Waals surface area contributed by atoms with E-state index in [-0.39, 0.29) is 5.91 Å². The van der Waals surface area contributed by atoms with Crippen molar-refractivity contribution in [3.63, 3.8) is 0 Å². The van der Waals surface area contributed by atoms with Crippen LogP contribution in [0.25, 0.3) is 27.4 Å². The minimum absolute atomic E-state index is 0.196. The Labute approximate surface area is 243 Å². The second kappa shape index (κ2) is 11.1. The van der Waals surface area contributed by atoms with Gasteiger partial charge >= 0.3 is 0 Å². The number of amides is 1. The Morgan fingerprint density at radius 3 is 2.55 bits per heavy atom. The summed E-state index contributed by atoms with van der Waals surface area (Å²) in [6, 6.07) is 26.9. The summed E-state index contributed by atoms with van der Waals surface area (Å²) < 4.78 is 7.39. The predicted octanol–water partition coefficient (Wildman–Crippen LogP) is 5.47. The van der Waals surface area contributed by atoms with Crippen molar-refractivity contribution in [1.29, 1.82) is 0 Å². The zero-order valence-corrected chi connectivity index (χ0v) is 23.3. The lowest BCUT2D eigenvalue weighted by Crippen LogP contribution is -2.32. The number of fused-ring (bicyclic) bond motifs is 3. The van der Waals surface area contributed by atoms with Gasteiger partial charge in [0, 0.05) is 55.9 Å². The summed E-state index contributed by atoms with van der Waals surface area (Å²) in [6.45, 7) is 2.59. The second-order valence-corrected chi connectivity index (χ2v) is 10.5. The molecule has 0 saturated heterocycles. The molecule has 8 nitrogen and oxygen atoms in total. The van der Waals surface area contributed by atoms with E-state index < -0.39 is 0 Å². The SMILES string of the molecule is COc1ccc(CN2CCc3c(c(C(=O)NCc4cccc5ccccc45)nn3-c3cnccn3)C2)c2ccccc12. The van der Waals surface area contributed by atoms with Gasteiger partial charge in [0.2, 0.25) is 0 Å². The highest BCUT2D eigenvalue weighted by Crippen LogP contribution is 2.31. The molecule has 0 atom stereocenters. The van der Waals surface area contributed by atoms with E-state index in [9.17, 15) is 4.79 Å². The molecule has 1 N–H and O–H groups in total. The first-order valence-corrected chi connectivity index (χ1v) is 14.1. The van der Waals surface area contributed by atoms with Crippen molar-refractivity contribution in [2.45, 2.75) is 26.1 Å². The maximum absolute atomic E-state index is 13.7. The van der Waals surface area contributed by atoms with Crippen molar-refractivity contribution >= 4 is 27.5 Å². The average Bonchev–Trinajstić information content (AvgIpc) is 3.43. The quantitative estimate of drug-likeness (QED) is 0.282. The van der Waals surface area contributed by atoms with Crippen LogP contribution >= 0.6 is 0 Å². The molecular formula is C34H30N6O2. The van der Waals surface area contributed by atoms with Gasteiger partial charge in [-0.25, -0.2) is 9.67 Å². The Bertz CT molecular complexity index is 1910. The van der Waals surface area contributed by atoms with Crippen LogP contribution in [0.3, 0.4) is 0 Å². The third-order valence-electron chi connectivity index (χ3n) is 8.03. The molecule has 1 aliphatic heterocycles. The number of hydrogen-bond acceptors (Lipinski definition) is 6.